The van der Waals surface area contributed by atoms with Crippen molar-refractivity contribution in [3.8, 4) is 10.6 Å². The van der Waals surface area contributed by atoms with Gasteiger partial charge >= 0.3 is 0 Å². The molecule has 6 N–H and O–H groups in total. The first kappa shape index (κ1) is 19.2. The maximum absolute atomic E-state index is 10.4. The number of aliphatic hydroxyl groups is 3. The summed E-state index contributed by atoms with van der Waals surface area (Å²) >= 11 is 1.54. The van der Waals surface area contributed by atoms with E-state index in [-0.39, 0.29) is 19.1 Å². The van der Waals surface area contributed by atoms with Gasteiger partial charge in [-0.2, -0.15) is 0 Å². The molecule has 1 fully saturated rings. The molecule has 0 unspecified atom stereocenters. The normalized spacial score (nSPS) is 24.8. The first-order valence-corrected chi connectivity index (χ1v) is 10.0. The van der Waals surface area contributed by atoms with Crippen molar-refractivity contribution in [1.82, 2.24) is 15.0 Å². The van der Waals surface area contributed by atoms with Crippen molar-refractivity contribution in [2.75, 3.05) is 11.9 Å². The highest BCUT2D eigenvalue weighted by Crippen LogP contribution is 2.37. The van der Waals surface area contributed by atoms with E-state index in [1.807, 2.05) is 31.2 Å². The number of anilines is 1. The molecule has 8 nitrogen and oxygen atoms in total. The quantitative estimate of drug-likeness (QED) is 0.427. The maximum Gasteiger partial charge on any atom is 0.144 e. The summed E-state index contributed by atoms with van der Waals surface area (Å²) in [5.74, 6) is 0.633. The summed E-state index contributed by atoms with van der Waals surface area (Å²) in [5, 5.41) is 34.0. The first-order valence-electron chi connectivity index (χ1n) is 9.19. The minimum Gasteiger partial charge on any atom is -0.396 e. The van der Waals surface area contributed by atoms with Gasteiger partial charge in [-0.05, 0) is 25.5 Å². The van der Waals surface area contributed by atoms with E-state index in [9.17, 15) is 15.3 Å². The summed E-state index contributed by atoms with van der Waals surface area (Å²) in [6, 6.07) is 7.43. The maximum atomic E-state index is 10.4. The molecule has 2 aromatic heterocycles. The molecule has 9 heteroatoms. The lowest BCUT2D eigenvalue weighted by atomic mass is 10.1. The molecule has 2 heterocycles. The number of nitrogens with one attached hydrogen (secondary N) is 1. The molecule has 28 heavy (non-hydrogen) atoms. The van der Waals surface area contributed by atoms with E-state index < -0.39 is 18.2 Å². The highest BCUT2D eigenvalue weighted by Gasteiger charge is 2.41. The van der Waals surface area contributed by atoms with Crippen molar-refractivity contribution in [2.45, 2.75) is 38.1 Å². The molecule has 148 valence electrons. The third kappa shape index (κ3) is 3.36. The molecule has 3 aromatic rings. The van der Waals surface area contributed by atoms with E-state index in [2.05, 4.69) is 15.3 Å². The van der Waals surface area contributed by atoms with Crippen LogP contribution in [0.2, 0.25) is 0 Å². The van der Waals surface area contributed by atoms with E-state index in [0.717, 1.165) is 26.5 Å². The van der Waals surface area contributed by atoms with Crippen LogP contribution in [-0.4, -0.2) is 55.1 Å². The fourth-order valence-corrected chi connectivity index (χ4v) is 4.75. The Balaban J connectivity index is 1.76. The second kappa shape index (κ2) is 7.69. The lowest BCUT2D eigenvalue weighted by Crippen LogP contribution is -2.36. The summed E-state index contributed by atoms with van der Waals surface area (Å²) in [6.45, 7) is 1.88. The summed E-state index contributed by atoms with van der Waals surface area (Å²) in [4.78, 5) is 13.7. The van der Waals surface area contributed by atoms with E-state index in [1.54, 1.807) is 11.3 Å². The first-order chi connectivity index (χ1) is 13.5. The van der Waals surface area contributed by atoms with Crippen LogP contribution in [-0.2, 0) is 6.54 Å². The fourth-order valence-electron chi connectivity index (χ4n) is 3.69. The van der Waals surface area contributed by atoms with Gasteiger partial charge in [0, 0.05) is 12.5 Å². The number of thiazole rings is 1. The second-order valence-corrected chi connectivity index (χ2v) is 8.08. The number of nitrogens with two attached hydrogens (primary N) is 1. The van der Waals surface area contributed by atoms with Crippen molar-refractivity contribution in [2.24, 2.45) is 11.7 Å². The largest absolute Gasteiger partial charge is 0.396 e. The Labute approximate surface area is 166 Å². The van der Waals surface area contributed by atoms with Gasteiger partial charge in [0.2, 0.25) is 0 Å². The number of aryl methyl sites for hydroxylation is 1. The third-order valence-corrected chi connectivity index (χ3v) is 6.24. The Morgan fingerprint density at radius 3 is 2.64 bits per heavy atom. The summed E-state index contributed by atoms with van der Waals surface area (Å²) in [6.07, 6.45) is -1.55. The molecule has 0 spiro atoms. The van der Waals surface area contributed by atoms with Crippen LogP contribution < -0.4 is 11.1 Å². The van der Waals surface area contributed by atoms with Crippen molar-refractivity contribution < 1.29 is 15.3 Å². The molecule has 0 aliphatic heterocycles. The zero-order valence-electron chi connectivity index (χ0n) is 15.4. The number of rotatable bonds is 5. The molecular weight excluding hydrogens is 378 g/mol. The highest BCUT2D eigenvalue weighted by molar-refractivity contribution is 7.21. The van der Waals surface area contributed by atoms with E-state index in [4.69, 9.17) is 10.7 Å². The van der Waals surface area contributed by atoms with Crippen LogP contribution in [0.15, 0.2) is 24.3 Å². The number of nitrogens with zero attached hydrogens (tertiary/aromatic N) is 3. The highest BCUT2D eigenvalue weighted by atomic mass is 32.1. The number of aromatic nitrogens is 3. The monoisotopic (exact) mass is 401 g/mol. The number of para-hydroxylation sites is 1. The predicted molar refractivity (Wildman–Crippen MR) is 108 cm³/mol. The van der Waals surface area contributed by atoms with Gasteiger partial charge in [-0.1, -0.05) is 12.1 Å². The van der Waals surface area contributed by atoms with E-state index >= 15 is 0 Å². The fraction of sp³-hybridized carbons (Fsp3) is 0.421. The van der Waals surface area contributed by atoms with E-state index in [0.29, 0.717) is 18.1 Å². The molecule has 1 aliphatic carbocycles. The zero-order valence-corrected chi connectivity index (χ0v) is 16.2. The molecule has 0 amide bonds. The van der Waals surface area contributed by atoms with Crippen molar-refractivity contribution in [1.29, 1.82) is 0 Å². The lowest BCUT2D eigenvalue weighted by Gasteiger charge is -2.21. The molecule has 1 saturated carbocycles. The Hall–Kier alpha value is -2.17. The number of fused-ring (bicyclic) bond motifs is 1. The summed E-state index contributed by atoms with van der Waals surface area (Å²) in [7, 11) is 0. The molecule has 4 atom stereocenters. The van der Waals surface area contributed by atoms with Crippen molar-refractivity contribution in [3.63, 3.8) is 0 Å². The van der Waals surface area contributed by atoms with Crippen LogP contribution >= 0.6 is 11.3 Å². The third-order valence-electron chi connectivity index (χ3n) is 5.19. The van der Waals surface area contributed by atoms with Gasteiger partial charge in [-0.25, -0.2) is 15.0 Å². The van der Waals surface area contributed by atoms with E-state index in [1.165, 1.54) is 0 Å². The van der Waals surface area contributed by atoms with Crippen LogP contribution in [0.5, 0.6) is 0 Å². The number of hydrogen-bond donors (Lipinski definition) is 5. The molecule has 0 saturated heterocycles. The van der Waals surface area contributed by atoms with Crippen molar-refractivity contribution >= 4 is 27.4 Å². The van der Waals surface area contributed by atoms with Crippen LogP contribution in [0.3, 0.4) is 0 Å². The number of aliphatic hydroxyl groups excluding tert-OH is 3. The molecule has 0 radical (unpaired) electrons. The lowest BCUT2D eigenvalue weighted by molar-refractivity contribution is 0.00446. The minimum absolute atomic E-state index is 0.183. The molecule has 1 aliphatic rings. The van der Waals surface area contributed by atoms with Gasteiger partial charge in [0.05, 0.1) is 40.2 Å². The standard InChI is InChI=1S/C19H23N5O3S/c1-9-15(19-23-11-4-2-3-5-13(11)28-19)18(24-14(7-20)21-9)22-12-6-10(8-25)16(26)17(12)27/h2-5,10,12,16-17,25-27H,6-8,20H2,1H3,(H,21,22,24)/t10-,12-,16-,17+/m1/s1. The Kier molecular flexibility index (Phi) is 5.26. The Morgan fingerprint density at radius 1 is 1.18 bits per heavy atom. The Morgan fingerprint density at radius 2 is 1.96 bits per heavy atom. The number of benzene rings is 1. The zero-order chi connectivity index (χ0) is 19.8. The minimum atomic E-state index is -1.00. The predicted octanol–water partition coefficient (Wildman–Crippen LogP) is 1.03. The average molecular weight is 401 g/mol. The summed E-state index contributed by atoms with van der Waals surface area (Å²) < 4.78 is 1.06. The summed E-state index contributed by atoms with van der Waals surface area (Å²) in [5.41, 5.74) is 8.14. The van der Waals surface area contributed by atoms with Crippen LogP contribution in [0.25, 0.3) is 20.8 Å². The van der Waals surface area contributed by atoms with Gasteiger partial charge in [0.25, 0.3) is 0 Å². The van der Waals surface area contributed by atoms with Crippen molar-refractivity contribution in [3.05, 3.63) is 35.8 Å². The number of hydrogen-bond acceptors (Lipinski definition) is 9. The van der Waals surface area contributed by atoms with Crippen LogP contribution in [0, 0.1) is 12.8 Å². The average Bonchev–Trinajstić information content (AvgIpc) is 3.23. The van der Waals surface area contributed by atoms with Gasteiger partial charge in [-0.3, -0.25) is 0 Å². The topological polar surface area (TPSA) is 137 Å². The molecule has 1 aromatic carbocycles. The van der Waals surface area contributed by atoms with Crippen LogP contribution in [0.4, 0.5) is 5.82 Å². The molecule has 4 rings (SSSR count). The second-order valence-electron chi connectivity index (χ2n) is 7.05. The van der Waals surface area contributed by atoms with Gasteiger partial charge in [-0.15, -0.1) is 11.3 Å². The van der Waals surface area contributed by atoms with Crippen LogP contribution in [0.1, 0.15) is 17.9 Å². The smallest absolute Gasteiger partial charge is 0.144 e. The molecule has 0 bridgehead atoms. The molecular formula is C19H23N5O3S. The SMILES string of the molecule is Cc1nc(CN)nc(N[C@@H]2C[C@H](CO)[C@@H](O)[C@H]2O)c1-c1nc2ccccc2s1. The van der Waals surface area contributed by atoms with Gasteiger partial charge in [0.1, 0.15) is 22.8 Å². The van der Waals surface area contributed by atoms with Gasteiger partial charge in [0.15, 0.2) is 0 Å². The Bertz CT molecular complexity index is 962. The van der Waals surface area contributed by atoms with Gasteiger partial charge < -0.3 is 26.4 Å².